The van der Waals surface area contributed by atoms with E-state index in [1.54, 1.807) is 14.2 Å². The van der Waals surface area contributed by atoms with E-state index in [4.69, 9.17) is 9.47 Å². The monoisotopic (exact) mass is 446 g/mol. The van der Waals surface area contributed by atoms with E-state index in [2.05, 4.69) is 59.4 Å². The van der Waals surface area contributed by atoms with E-state index < -0.39 is 0 Å². The minimum atomic E-state index is -0.0624. The fourth-order valence-electron chi connectivity index (χ4n) is 5.08. The standard InChI is InChI=1S/C27H34N4O2/c1-18(2)25-21-17-20(31-14-11-27(29-3,10-13-28)12-15-31)7-8-22(21)30-26(25)19-6-9-23(32-4)24(16-19)33-5/h6-9,16-18,29-30H,10-12,14-15H2,1-5H3. The molecule has 0 amide bonds. The maximum atomic E-state index is 9.24. The number of benzene rings is 2. The summed E-state index contributed by atoms with van der Waals surface area (Å²) in [6, 6.07) is 15.1. The summed E-state index contributed by atoms with van der Waals surface area (Å²) in [4.78, 5) is 6.10. The summed E-state index contributed by atoms with van der Waals surface area (Å²) in [5, 5.41) is 13.9. The fraction of sp³-hybridized carbons (Fsp3) is 0.444. The Hall–Kier alpha value is -3.17. The van der Waals surface area contributed by atoms with Crippen molar-refractivity contribution in [3.05, 3.63) is 42.0 Å². The topological polar surface area (TPSA) is 73.3 Å². The van der Waals surface area contributed by atoms with Crippen LogP contribution >= 0.6 is 0 Å². The van der Waals surface area contributed by atoms with Gasteiger partial charge in [-0.05, 0) is 67.8 Å². The number of nitriles is 1. The number of nitrogens with one attached hydrogen (secondary N) is 2. The first-order valence-corrected chi connectivity index (χ1v) is 11.6. The quantitative estimate of drug-likeness (QED) is 0.505. The summed E-state index contributed by atoms with van der Waals surface area (Å²) in [5.41, 5.74) is 5.84. The fourth-order valence-corrected chi connectivity index (χ4v) is 5.08. The van der Waals surface area contributed by atoms with Gasteiger partial charge in [-0.15, -0.1) is 0 Å². The van der Waals surface area contributed by atoms with Crippen LogP contribution in [0.1, 0.15) is 44.6 Å². The van der Waals surface area contributed by atoms with Crippen LogP contribution < -0.4 is 19.7 Å². The lowest BCUT2D eigenvalue weighted by molar-refractivity contribution is 0.282. The Labute approximate surface area is 196 Å². The predicted octanol–water partition coefficient (Wildman–Crippen LogP) is 5.45. The van der Waals surface area contributed by atoms with Crippen molar-refractivity contribution in [3.8, 4) is 28.8 Å². The van der Waals surface area contributed by atoms with Crippen molar-refractivity contribution in [1.82, 2.24) is 10.3 Å². The Morgan fingerprint density at radius 1 is 1.09 bits per heavy atom. The highest BCUT2D eigenvalue weighted by atomic mass is 16.5. The number of piperidine rings is 1. The van der Waals surface area contributed by atoms with Crippen molar-refractivity contribution in [3.63, 3.8) is 0 Å². The second-order valence-electron chi connectivity index (χ2n) is 9.22. The molecule has 1 aliphatic rings. The van der Waals surface area contributed by atoms with Crippen molar-refractivity contribution in [2.75, 3.05) is 39.3 Å². The van der Waals surface area contributed by atoms with Gasteiger partial charge < -0.3 is 24.7 Å². The Morgan fingerprint density at radius 3 is 2.42 bits per heavy atom. The van der Waals surface area contributed by atoms with Crippen LogP contribution in [0.25, 0.3) is 22.2 Å². The molecule has 6 nitrogen and oxygen atoms in total. The number of nitrogens with zero attached hydrogens (tertiary/aromatic N) is 2. The Bertz CT molecular complexity index is 1170. The second-order valence-corrected chi connectivity index (χ2v) is 9.22. The molecule has 0 radical (unpaired) electrons. The molecule has 2 heterocycles. The van der Waals surface area contributed by atoms with Gasteiger partial charge in [0.15, 0.2) is 11.5 Å². The van der Waals surface area contributed by atoms with Gasteiger partial charge in [-0.3, -0.25) is 0 Å². The number of ether oxygens (including phenoxy) is 2. The molecule has 33 heavy (non-hydrogen) atoms. The normalized spacial score (nSPS) is 15.6. The summed E-state index contributed by atoms with van der Waals surface area (Å²) in [6.07, 6.45) is 2.49. The lowest BCUT2D eigenvalue weighted by Gasteiger charge is -2.41. The summed E-state index contributed by atoms with van der Waals surface area (Å²) in [5.74, 6) is 1.80. The van der Waals surface area contributed by atoms with E-state index in [0.717, 1.165) is 54.2 Å². The number of H-pyrrole nitrogens is 1. The third-order valence-corrected chi connectivity index (χ3v) is 7.11. The summed E-state index contributed by atoms with van der Waals surface area (Å²) < 4.78 is 11.0. The van der Waals surface area contributed by atoms with Crippen molar-refractivity contribution in [1.29, 1.82) is 5.26 Å². The van der Waals surface area contributed by atoms with Gasteiger partial charge in [0, 0.05) is 40.8 Å². The van der Waals surface area contributed by atoms with Crippen LogP contribution in [-0.2, 0) is 0 Å². The minimum absolute atomic E-state index is 0.0624. The van der Waals surface area contributed by atoms with Crippen LogP contribution in [0.3, 0.4) is 0 Å². The third-order valence-electron chi connectivity index (χ3n) is 7.11. The van der Waals surface area contributed by atoms with Gasteiger partial charge in [0.1, 0.15) is 0 Å². The van der Waals surface area contributed by atoms with Crippen molar-refractivity contribution in [2.24, 2.45) is 0 Å². The number of hydrogen-bond donors (Lipinski definition) is 2. The molecule has 0 aliphatic carbocycles. The minimum Gasteiger partial charge on any atom is -0.493 e. The predicted molar refractivity (Wildman–Crippen MR) is 134 cm³/mol. The molecule has 1 aromatic heterocycles. The molecule has 0 saturated carbocycles. The van der Waals surface area contributed by atoms with Crippen LogP contribution in [-0.4, -0.2) is 44.9 Å². The zero-order chi connectivity index (χ0) is 23.6. The molecule has 0 atom stereocenters. The van der Waals surface area contributed by atoms with Crippen LogP contribution in [0, 0.1) is 11.3 Å². The highest BCUT2D eigenvalue weighted by Crippen LogP contribution is 2.40. The van der Waals surface area contributed by atoms with E-state index in [-0.39, 0.29) is 5.54 Å². The number of hydrogen-bond acceptors (Lipinski definition) is 5. The van der Waals surface area contributed by atoms with Crippen LogP contribution in [0.2, 0.25) is 0 Å². The number of aromatic amines is 1. The average molecular weight is 447 g/mol. The molecule has 1 aliphatic heterocycles. The largest absolute Gasteiger partial charge is 0.493 e. The zero-order valence-corrected chi connectivity index (χ0v) is 20.3. The maximum Gasteiger partial charge on any atom is 0.161 e. The molecule has 3 aromatic rings. The van der Waals surface area contributed by atoms with Gasteiger partial charge in [0.25, 0.3) is 0 Å². The number of methoxy groups -OCH3 is 2. The zero-order valence-electron chi connectivity index (χ0n) is 20.3. The van der Waals surface area contributed by atoms with Gasteiger partial charge >= 0.3 is 0 Å². The Balaban J connectivity index is 1.71. The van der Waals surface area contributed by atoms with Gasteiger partial charge in [-0.1, -0.05) is 13.8 Å². The number of fused-ring (bicyclic) bond motifs is 1. The number of rotatable bonds is 7. The Kier molecular flexibility index (Phi) is 6.53. The molecular formula is C27H34N4O2. The average Bonchev–Trinajstić information content (AvgIpc) is 3.23. The van der Waals surface area contributed by atoms with E-state index in [1.807, 2.05) is 19.2 Å². The van der Waals surface area contributed by atoms with Crippen molar-refractivity contribution >= 4 is 16.6 Å². The maximum absolute atomic E-state index is 9.24. The third kappa shape index (κ3) is 4.26. The summed E-state index contributed by atoms with van der Waals surface area (Å²) >= 11 is 0. The summed E-state index contributed by atoms with van der Waals surface area (Å²) in [6.45, 7) is 6.36. The van der Waals surface area contributed by atoms with Crippen molar-refractivity contribution in [2.45, 2.75) is 44.6 Å². The lowest BCUT2D eigenvalue weighted by Crippen LogP contribution is -2.52. The van der Waals surface area contributed by atoms with Crippen LogP contribution in [0.15, 0.2) is 36.4 Å². The highest BCUT2D eigenvalue weighted by molar-refractivity contribution is 5.93. The lowest BCUT2D eigenvalue weighted by atomic mass is 9.85. The molecule has 4 rings (SSSR count). The van der Waals surface area contributed by atoms with Gasteiger partial charge in [-0.2, -0.15) is 5.26 Å². The molecule has 0 spiro atoms. The van der Waals surface area contributed by atoms with Gasteiger partial charge in [-0.25, -0.2) is 0 Å². The van der Waals surface area contributed by atoms with E-state index in [0.29, 0.717) is 12.3 Å². The number of aromatic nitrogens is 1. The molecule has 6 heteroatoms. The molecular weight excluding hydrogens is 412 g/mol. The van der Waals surface area contributed by atoms with E-state index in [1.165, 1.54) is 16.6 Å². The van der Waals surface area contributed by atoms with E-state index in [9.17, 15) is 5.26 Å². The van der Waals surface area contributed by atoms with Crippen LogP contribution in [0.4, 0.5) is 5.69 Å². The first-order chi connectivity index (χ1) is 15.9. The van der Waals surface area contributed by atoms with E-state index >= 15 is 0 Å². The number of anilines is 1. The molecule has 2 aromatic carbocycles. The molecule has 0 bridgehead atoms. The molecule has 0 unspecified atom stereocenters. The SMILES string of the molecule is CNC1(CC#N)CCN(c2ccc3[nH]c(-c4ccc(OC)c(OC)c4)c(C(C)C)c3c2)CC1. The van der Waals surface area contributed by atoms with Crippen LogP contribution in [0.5, 0.6) is 11.5 Å². The van der Waals surface area contributed by atoms with Gasteiger partial charge in [0.05, 0.1) is 32.4 Å². The smallest absolute Gasteiger partial charge is 0.161 e. The molecule has 1 saturated heterocycles. The first-order valence-electron chi connectivity index (χ1n) is 11.6. The van der Waals surface area contributed by atoms with Crippen molar-refractivity contribution < 1.29 is 9.47 Å². The molecule has 174 valence electrons. The second kappa shape index (κ2) is 9.36. The summed E-state index contributed by atoms with van der Waals surface area (Å²) in [7, 11) is 5.30. The molecule has 1 fully saturated rings. The first kappa shape index (κ1) is 23.0. The highest BCUT2D eigenvalue weighted by Gasteiger charge is 2.33. The Morgan fingerprint density at radius 2 is 1.82 bits per heavy atom. The van der Waals surface area contributed by atoms with Gasteiger partial charge in [0.2, 0.25) is 0 Å². The molecule has 2 N–H and O–H groups in total.